The van der Waals surface area contributed by atoms with E-state index in [-0.39, 0.29) is 40.2 Å². The molecule has 2 aromatic heterocycles. The zero-order chi connectivity index (χ0) is 31.7. The van der Waals surface area contributed by atoms with Gasteiger partial charge in [-0.2, -0.15) is 0 Å². The molecular weight excluding hydrogens is 764 g/mol. The number of rotatable bonds is 12. The number of unbranched alkanes of at least 4 members (excludes halogenated alkanes) is 6. The van der Waals surface area contributed by atoms with Crippen molar-refractivity contribution in [2.24, 2.45) is 0 Å². The van der Waals surface area contributed by atoms with Crippen molar-refractivity contribution in [3.05, 3.63) is 50.2 Å². The van der Waals surface area contributed by atoms with Crippen molar-refractivity contribution in [1.29, 1.82) is 0 Å². The molecule has 0 bridgehead atoms. The van der Waals surface area contributed by atoms with Gasteiger partial charge in [0.1, 0.15) is 10.0 Å². The minimum Gasteiger partial charge on any atom is -0.143 e. The molecule has 5 rings (SSSR count). The second kappa shape index (κ2) is 15.2. The Kier molecular flexibility index (Phi) is 12.1. The van der Waals surface area contributed by atoms with Crippen LogP contribution in [0.1, 0.15) is 75.2 Å². The molecule has 0 aliphatic rings. The zero-order valence-corrected chi connectivity index (χ0v) is 31.4. The van der Waals surface area contributed by atoms with E-state index in [2.05, 4.69) is 34.2 Å². The second-order valence-electron chi connectivity index (χ2n) is 10.4. The summed E-state index contributed by atoms with van der Waals surface area (Å²) in [6.45, 7) is 4.35. The van der Waals surface area contributed by atoms with E-state index in [0.717, 1.165) is 61.4 Å². The normalized spacial score (nSPS) is 11.9. The molecule has 0 atom stereocenters. The Bertz CT molecular complexity index is 1850. The monoisotopic (exact) mass is 786 g/mol. The van der Waals surface area contributed by atoms with Crippen molar-refractivity contribution in [2.45, 2.75) is 78.1 Å². The van der Waals surface area contributed by atoms with Crippen molar-refractivity contribution in [3.8, 4) is 21.1 Å². The predicted octanol–water partition coefficient (Wildman–Crippen LogP) is 14.5. The third kappa shape index (κ3) is 6.65. The molecule has 0 unspecified atom stereocenters. The highest BCUT2D eigenvalue weighted by Crippen LogP contribution is 2.57. The van der Waals surface area contributed by atoms with Gasteiger partial charge in [0, 0.05) is 34.4 Å². The molecule has 44 heavy (non-hydrogen) atoms. The van der Waals surface area contributed by atoms with Crippen LogP contribution in [0.2, 0.25) is 40.2 Å². The Morgan fingerprint density at radius 2 is 0.773 bits per heavy atom. The van der Waals surface area contributed by atoms with Crippen molar-refractivity contribution in [3.63, 3.8) is 0 Å². The van der Waals surface area contributed by atoms with Gasteiger partial charge < -0.3 is 0 Å². The molecule has 3 aromatic carbocycles. The van der Waals surface area contributed by atoms with Crippen molar-refractivity contribution in [2.75, 3.05) is 0 Å². The van der Waals surface area contributed by atoms with Gasteiger partial charge in [-0.05, 0) is 12.8 Å². The highest BCUT2D eigenvalue weighted by molar-refractivity contribution is 7.15. The van der Waals surface area contributed by atoms with Gasteiger partial charge in [-0.1, -0.05) is 168 Å². The average molecular weight is 790 g/mol. The van der Waals surface area contributed by atoms with E-state index in [1.165, 1.54) is 35.5 Å². The lowest BCUT2D eigenvalue weighted by molar-refractivity contribution is 0.663. The van der Waals surface area contributed by atoms with Crippen LogP contribution in [0, 0.1) is 0 Å². The zero-order valence-electron chi connectivity index (χ0n) is 23.7. The van der Waals surface area contributed by atoms with Crippen molar-refractivity contribution in [1.82, 2.24) is 20.4 Å². The average Bonchev–Trinajstić information content (AvgIpc) is 3.66. The maximum atomic E-state index is 7.15. The Morgan fingerprint density at radius 1 is 0.409 bits per heavy atom. The third-order valence-corrected chi connectivity index (χ3v) is 12.7. The Labute approximate surface area is 304 Å². The smallest absolute Gasteiger partial charge is 0.143 e. The van der Waals surface area contributed by atoms with E-state index in [4.69, 9.17) is 92.8 Å². The summed E-state index contributed by atoms with van der Waals surface area (Å²) in [6.07, 6.45) is 10.6. The molecule has 4 nitrogen and oxygen atoms in total. The molecular formula is C30H26Cl8N4S2. The first kappa shape index (κ1) is 34.9. The van der Waals surface area contributed by atoms with Gasteiger partial charge in [0.25, 0.3) is 0 Å². The quantitative estimate of drug-likeness (QED) is 0.0718. The Hall–Kier alpha value is -0.380. The van der Waals surface area contributed by atoms with E-state index < -0.39 is 0 Å². The molecule has 0 saturated carbocycles. The van der Waals surface area contributed by atoms with Gasteiger partial charge in [0.05, 0.1) is 51.3 Å². The van der Waals surface area contributed by atoms with Crippen LogP contribution in [0.3, 0.4) is 0 Å². The van der Waals surface area contributed by atoms with Crippen LogP contribution >= 0.6 is 115 Å². The maximum Gasteiger partial charge on any atom is 0.150 e. The van der Waals surface area contributed by atoms with Crippen LogP contribution in [0.4, 0.5) is 0 Å². The molecule has 0 aliphatic carbocycles. The number of fused-ring (bicyclic) bond motifs is 3. The molecule has 0 amide bonds. The van der Waals surface area contributed by atoms with Crippen molar-refractivity contribution < 1.29 is 0 Å². The van der Waals surface area contributed by atoms with Gasteiger partial charge in [0.15, 0.2) is 10.0 Å². The molecule has 0 radical (unpaired) electrons. The summed E-state index contributed by atoms with van der Waals surface area (Å²) in [4.78, 5) is 0. The number of nitrogens with zero attached hydrogens (tertiary/aromatic N) is 4. The first-order chi connectivity index (χ1) is 21.1. The summed E-state index contributed by atoms with van der Waals surface area (Å²) in [6, 6.07) is 0. The molecule has 0 N–H and O–H groups in total. The molecule has 14 heteroatoms. The summed E-state index contributed by atoms with van der Waals surface area (Å²) in [5.41, 5.74) is 0.848. The minimum atomic E-state index is 0.128. The van der Waals surface area contributed by atoms with Crippen LogP contribution in [0.5, 0.6) is 0 Å². The van der Waals surface area contributed by atoms with E-state index >= 15 is 0 Å². The fourth-order valence-corrected chi connectivity index (χ4v) is 9.85. The highest BCUT2D eigenvalue weighted by Gasteiger charge is 2.30. The number of aromatic nitrogens is 4. The number of benzene rings is 3. The lowest BCUT2D eigenvalue weighted by atomic mass is 9.97. The molecule has 0 fully saturated rings. The van der Waals surface area contributed by atoms with Crippen LogP contribution in [0.25, 0.3) is 42.7 Å². The third-order valence-electron chi connectivity index (χ3n) is 7.37. The fourth-order valence-electron chi connectivity index (χ4n) is 5.11. The molecule has 2 heterocycles. The fraction of sp³-hybridized carbons (Fsp3) is 0.400. The van der Waals surface area contributed by atoms with Crippen LogP contribution < -0.4 is 0 Å². The van der Waals surface area contributed by atoms with Crippen LogP contribution in [-0.4, -0.2) is 20.4 Å². The highest BCUT2D eigenvalue weighted by atomic mass is 35.5. The minimum absolute atomic E-state index is 0.128. The number of hydrogen-bond acceptors (Lipinski definition) is 6. The predicted molar refractivity (Wildman–Crippen MR) is 195 cm³/mol. The lowest BCUT2D eigenvalue weighted by Crippen LogP contribution is -1.94. The van der Waals surface area contributed by atoms with Crippen LogP contribution in [0.15, 0.2) is 0 Å². The SMILES string of the molecule is CCCCCCc1nnc(-c2c(Cl)c(Cl)c3c(c2Cl)c(Cl)c(Cl)c2c(Cl)c(Cl)c(-c4nnc(CCCCCC)s4)c(Cl)c23)s1. The number of hydrogen-bond donors (Lipinski definition) is 0. The molecule has 234 valence electrons. The molecule has 5 aromatic rings. The van der Waals surface area contributed by atoms with Crippen molar-refractivity contribution >= 4 is 137 Å². The topological polar surface area (TPSA) is 51.6 Å². The Morgan fingerprint density at radius 3 is 1.23 bits per heavy atom. The van der Waals surface area contributed by atoms with E-state index in [9.17, 15) is 0 Å². The molecule has 0 spiro atoms. The second-order valence-corrected chi connectivity index (χ2v) is 15.5. The summed E-state index contributed by atoms with van der Waals surface area (Å²) < 4.78 is 0. The maximum absolute atomic E-state index is 7.15. The van der Waals surface area contributed by atoms with Gasteiger partial charge >= 0.3 is 0 Å². The Balaban J connectivity index is 1.70. The van der Waals surface area contributed by atoms with Crippen LogP contribution in [-0.2, 0) is 12.8 Å². The van der Waals surface area contributed by atoms with Gasteiger partial charge in [-0.25, -0.2) is 0 Å². The summed E-state index contributed by atoms with van der Waals surface area (Å²) in [5.74, 6) is 0. The summed E-state index contributed by atoms with van der Waals surface area (Å²) >= 11 is 58.5. The summed E-state index contributed by atoms with van der Waals surface area (Å²) in [7, 11) is 0. The largest absolute Gasteiger partial charge is 0.150 e. The number of halogens is 8. The van der Waals surface area contributed by atoms with Gasteiger partial charge in [-0.15, -0.1) is 20.4 Å². The first-order valence-electron chi connectivity index (χ1n) is 14.2. The number of aryl methyl sites for hydroxylation is 2. The molecule has 0 aliphatic heterocycles. The molecule has 0 saturated heterocycles. The summed E-state index contributed by atoms with van der Waals surface area (Å²) in [5, 5.41) is 23.3. The van der Waals surface area contributed by atoms with Gasteiger partial charge in [-0.3, -0.25) is 0 Å². The first-order valence-corrected chi connectivity index (χ1v) is 18.9. The standard InChI is InChI=1S/C30H26Cl8N4S2/c1-3-5-7-9-11-13-39-41-29(43-13)19-21(31)15-16-17(24(34)25(35)18(15)26(36)28(19)38)22(32)20(27(37)23(16)33)30-42-40-14(44-30)12-10-8-6-4-2/h3-12H2,1-2H3. The van der Waals surface area contributed by atoms with Gasteiger partial charge in [0.2, 0.25) is 0 Å². The van der Waals surface area contributed by atoms with E-state index in [1.807, 2.05) is 0 Å². The van der Waals surface area contributed by atoms with E-state index in [0.29, 0.717) is 42.7 Å². The lowest BCUT2D eigenvalue weighted by Gasteiger charge is -2.19. The van der Waals surface area contributed by atoms with E-state index in [1.54, 1.807) is 0 Å².